The zero-order chi connectivity index (χ0) is 10.9. The van der Waals surface area contributed by atoms with E-state index >= 15 is 0 Å². The monoisotopic (exact) mass is 214 g/mol. The smallest absolute Gasteiger partial charge is 0.230 e. The predicted octanol–water partition coefficient (Wildman–Crippen LogP) is 0.590. The number of likely N-dealkylation sites (tertiary alicyclic amines) is 1. The number of thiocarbonyl (C=S) groups is 1. The van der Waals surface area contributed by atoms with Crippen LogP contribution >= 0.6 is 12.2 Å². The molecule has 0 aromatic rings. The molecule has 1 unspecified atom stereocenters. The summed E-state index contributed by atoms with van der Waals surface area (Å²) in [5.74, 6) is -0.348. The van der Waals surface area contributed by atoms with Crippen LogP contribution in [0.25, 0.3) is 0 Å². The van der Waals surface area contributed by atoms with Crippen molar-refractivity contribution in [1.29, 1.82) is 0 Å². The first-order chi connectivity index (χ1) is 6.43. The second-order valence-electron chi connectivity index (χ2n) is 3.61. The van der Waals surface area contributed by atoms with Crippen LogP contribution in [0.3, 0.4) is 0 Å². The van der Waals surface area contributed by atoms with Gasteiger partial charge in [0.1, 0.15) is 0 Å². The van der Waals surface area contributed by atoms with Crippen LogP contribution in [0.2, 0.25) is 0 Å². The number of rotatable bonds is 3. The quantitative estimate of drug-likeness (QED) is 0.551. The fourth-order valence-corrected chi connectivity index (χ4v) is 1.81. The molecule has 0 aromatic heterocycles. The Morgan fingerprint density at radius 2 is 1.93 bits per heavy atom. The SMILES string of the molecule is CCC(C)(C(N)=S)N1C(=O)CCC1=O. The zero-order valence-corrected chi connectivity index (χ0v) is 9.19. The second-order valence-corrected chi connectivity index (χ2v) is 4.05. The minimum Gasteiger partial charge on any atom is -0.391 e. The van der Waals surface area contributed by atoms with E-state index in [4.69, 9.17) is 18.0 Å². The van der Waals surface area contributed by atoms with Crippen LogP contribution in [-0.4, -0.2) is 27.2 Å². The third-order valence-electron chi connectivity index (χ3n) is 2.76. The van der Waals surface area contributed by atoms with Gasteiger partial charge in [-0.3, -0.25) is 14.5 Å². The summed E-state index contributed by atoms with van der Waals surface area (Å²) in [4.78, 5) is 24.4. The highest BCUT2D eigenvalue weighted by atomic mass is 32.1. The highest BCUT2D eigenvalue weighted by Crippen LogP contribution is 2.26. The maximum absolute atomic E-state index is 11.5. The Labute approximate surface area is 88.4 Å². The Morgan fingerprint density at radius 1 is 1.50 bits per heavy atom. The number of imide groups is 1. The van der Waals surface area contributed by atoms with Crippen LogP contribution in [0.15, 0.2) is 0 Å². The van der Waals surface area contributed by atoms with Crippen LogP contribution in [0.1, 0.15) is 33.1 Å². The van der Waals surface area contributed by atoms with Crippen molar-refractivity contribution in [1.82, 2.24) is 4.90 Å². The van der Waals surface area contributed by atoms with Crippen LogP contribution < -0.4 is 5.73 Å². The number of hydrogen-bond acceptors (Lipinski definition) is 3. The van der Waals surface area contributed by atoms with Gasteiger partial charge in [-0.15, -0.1) is 0 Å². The van der Waals surface area contributed by atoms with Crippen LogP contribution in [0.5, 0.6) is 0 Å². The molecule has 0 aromatic carbocycles. The van der Waals surface area contributed by atoms with E-state index in [1.165, 1.54) is 4.90 Å². The first kappa shape index (κ1) is 11.1. The molecule has 1 aliphatic heterocycles. The summed E-state index contributed by atoms with van der Waals surface area (Å²) in [5, 5.41) is 0. The number of amides is 2. The van der Waals surface area contributed by atoms with Gasteiger partial charge in [0.05, 0.1) is 10.5 Å². The molecule has 78 valence electrons. The molecule has 1 atom stereocenters. The molecule has 0 aliphatic carbocycles. The molecule has 1 heterocycles. The number of nitrogens with zero attached hydrogens (tertiary/aromatic N) is 1. The molecular weight excluding hydrogens is 200 g/mol. The lowest BCUT2D eigenvalue weighted by atomic mass is 9.97. The van der Waals surface area contributed by atoms with Gasteiger partial charge in [-0.25, -0.2) is 0 Å². The Hall–Kier alpha value is -0.970. The van der Waals surface area contributed by atoms with Gasteiger partial charge in [0.15, 0.2) is 0 Å². The lowest BCUT2D eigenvalue weighted by Crippen LogP contribution is -2.56. The first-order valence-corrected chi connectivity index (χ1v) is 5.00. The molecular formula is C9H14N2O2S. The Morgan fingerprint density at radius 3 is 2.21 bits per heavy atom. The minimum atomic E-state index is -0.792. The standard InChI is InChI=1S/C9H14N2O2S/c1-3-9(2,8(10)14)11-6(12)4-5-7(11)13/h3-5H2,1-2H3,(H2,10,14). The van der Waals surface area contributed by atoms with Crippen molar-refractivity contribution in [2.45, 2.75) is 38.6 Å². The van der Waals surface area contributed by atoms with E-state index in [9.17, 15) is 9.59 Å². The number of nitrogens with two attached hydrogens (primary N) is 1. The summed E-state index contributed by atoms with van der Waals surface area (Å²) < 4.78 is 0. The van der Waals surface area contributed by atoms with E-state index in [0.29, 0.717) is 6.42 Å². The molecule has 1 saturated heterocycles. The van der Waals surface area contributed by atoms with Gasteiger partial charge in [-0.05, 0) is 13.3 Å². The molecule has 1 aliphatic rings. The molecule has 2 N–H and O–H groups in total. The van der Waals surface area contributed by atoms with Gasteiger partial charge in [-0.1, -0.05) is 19.1 Å². The van der Waals surface area contributed by atoms with Gasteiger partial charge in [0.25, 0.3) is 0 Å². The lowest BCUT2D eigenvalue weighted by Gasteiger charge is -2.35. The van der Waals surface area contributed by atoms with E-state index in [1.807, 2.05) is 6.92 Å². The summed E-state index contributed by atoms with van der Waals surface area (Å²) in [6.07, 6.45) is 1.11. The van der Waals surface area contributed by atoms with Crippen molar-refractivity contribution in [3.05, 3.63) is 0 Å². The number of carbonyl (C=O) groups is 2. The van der Waals surface area contributed by atoms with Gasteiger partial charge < -0.3 is 5.73 Å². The van der Waals surface area contributed by atoms with E-state index in [0.717, 1.165) is 0 Å². The molecule has 5 heteroatoms. The van der Waals surface area contributed by atoms with Crippen LogP contribution in [0, 0.1) is 0 Å². The molecule has 1 fully saturated rings. The maximum atomic E-state index is 11.5. The van der Waals surface area contributed by atoms with E-state index in [2.05, 4.69) is 0 Å². The van der Waals surface area contributed by atoms with Crippen LogP contribution in [-0.2, 0) is 9.59 Å². The average Bonchev–Trinajstić information content (AvgIpc) is 2.45. The summed E-state index contributed by atoms with van der Waals surface area (Å²) in [6, 6.07) is 0. The largest absolute Gasteiger partial charge is 0.391 e. The highest BCUT2D eigenvalue weighted by Gasteiger charge is 2.43. The molecule has 0 saturated carbocycles. The Balaban J connectivity index is 3.05. The topological polar surface area (TPSA) is 63.4 Å². The fourth-order valence-electron chi connectivity index (χ4n) is 1.57. The molecule has 4 nitrogen and oxygen atoms in total. The van der Waals surface area contributed by atoms with Crippen LogP contribution in [0.4, 0.5) is 0 Å². The summed E-state index contributed by atoms with van der Waals surface area (Å²) in [5.41, 5.74) is 4.78. The van der Waals surface area contributed by atoms with Crippen molar-refractivity contribution in [3.63, 3.8) is 0 Å². The van der Waals surface area contributed by atoms with Gasteiger partial charge >= 0.3 is 0 Å². The molecule has 2 amide bonds. The third-order valence-corrected chi connectivity index (χ3v) is 3.20. The van der Waals surface area contributed by atoms with Gasteiger partial charge in [0.2, 0.25) is 11.8 Å². The van der Waals surface area contributed by atoms with E-state index in [-0.39, 0.29) is 29.6 Å². The Bertz CT molecular complexity index is 287. The fraction of sp³-hybridized carbons (Fsp3) is 0.667. The number of carbonyl (C=O) groups excluding carboxylic acids is 2. The van der Waals surface area contributed by atoms with Crippen molar-refractivity contribution < 1.29 is 9.59 Å². The molecule has 1 rings (SSSR count). The molecule has 0 spiro atoms. The normalized spacial score (nSPS) is 21.1. The molecule has 14 heavy (non-hydrogen) atoms. The average molecular weight is 214 g/mol. The summed E-state index contributed by atoms with van der Waals surface area (Å²) in [7, 11) is 0. The van der Waals surface area contributed by atoms with Crippen molar-refractivity contribution in [2.75, 3.05) is 0 Å². The van der Waals surface area contributed by atoms with Crippen molar-refractivity contribution in [2.24, 2.45) is 5.73 Å². The molecule has 0 bridgehead atoms. The highest BCUT2D eigenvalue weighted by molar-refractivity contribution is 7.80. The predicted molar refractivity (Wildman–Crippen MR) is 56.6 cm³/mol. The van der Waals surface area contributed by atoms with Crippen molar-refractivity contribution >= 4 is 29.0 Å². The summed E-state index contributed by atoms with van der Waals surface area (Å²) >= 11 is 4.90. The van der Waals surface area contributed by atoms with Crippen molar-refractivity contribution in [3.8, 4) is 0 Å². The summed E-state index contributed by atoms with van der Waals surface area (Å²) in [6.45, 7) is 3.59. The zero-order valence-electron chi connectivity index (χ0n) is 8.37. The van der Waals surface area contributed by atoms with Gasteiger partial charge in [0, 0.05) is 12.8 Å². The van der Waals surface area contributed by atoms with Gasteiger partial charge in [-0.2, -0.15) is 0 Å². The Kier molecular flexibility index (Phi) is 2.89. The lowest BCUT2D eigenvalue weighted by molar-refractivity contribution is -0.142. The van der Waals surface area contributed by atoms with E-state index in [1.54, 1.807) is 6.92 Å². The van der Waals surface area contributed by atoms with E-state index < -0.39 is 5.54 Å². The third kappa shape index (κ3) is 1.52. The second kappa shape index (κ2) is 3.65. The maximum Gasteiger partial charge on any atom is 0.230 e. The molecule has 0 radical (unpaired) electrons. The number of hydrogen-bond donors (Lipinski definition) is 1. The minimum absolute atomic E-state index is 0.174. The first-order valence-electron chi connectivity index (χ1n) is 4.59.